The molecule has 2 aliphatic heterocycles. The summed E-state index contributed by atoms with van der Waals surface area (Å²) < 4.78 is 50.9. The quantitative estimate of drug-likeness (QED) is 0.192. The minimum absolute atomic E-state index is 0.0476. The molecule has 0 atom stereocenters. The fourth-order valence-electron chi connectivity index (χ4n) is 5.99. The molecule has 0 N–H and O–H groups in total. The topological polar surface area (TPSA) is 143 Å². The van der Waals surface area contributed by atoms with Crippen LogP contribution in [0.2, 0.25) is 0 Å². The van der Waals surface area contributed by atoms with Crippen LogP contribution in [0.25, 0.3) is 10.9 Å². The van der Waals surface area contributed by atoms with Gasteiger partial charge in [-0.2, -0.15) is 0 Å². The van der Waals surface area contributed by atoms with Gasteiger partial charge in [-0.3, -0.25) is 19.5 Å². The van der Waals surface area contributed by atoms with Crippen LogP contribution >= 0.6 is 0 Å². The van der Waals surface area contributed by atoms with E-state index in [-0.39, 0.29) is 53.2 Å². The van der Waals surface area contributed by atoms with Crippen molar-refractivity contribution >= 4 is 44.9 Å². The van der Waals surface area contributed by atoms with Crippen molar-refractivity contribution in [3.63, 3.8) is 0 Å². The zero-order chi connectivity index (χ0) is 35.2. The monoisotopic (exact) mass is 694 g/mol. The van der Waals surface area contributed by atoms with Crippen LogP contribution in [0.5, 0.6) is 11.5 Å². The van der Waals surface area contributed by atoms with Gasteiger partial charge in [0.05, 0.1) is 25.9 Å². The molecule has 0 radical (unpaired) electrons. The molecule has 0 unspecified atom stereocenters. The molecule has 0 aliphatic carbocycles. The Labute approximate surface area is 285 Å². The number of rotatable bonds is 8. The lowest BCUT2D eigenvalue weighted by molar-refractivity contribution is 0.0640. The molecular weight excluding hydrogens is 667 g/mol. The van der Waals surface area contributed by atoms with Gasteiger partial charge >= 0.3 is 12.1 Å². The lowest BCUT2D eigenvalue weighted by atomic mass is 9.99. The third kappa shape index (κ3) is 5.79. The van der Waals surface area contributed by atoms with Crippen molar-refractivity contribution in [1.29, 1.82) is 0 Å². The predicted molar refractivity (Wildman–Crippen MR) is 177 cm³/mol. The van der Waals surface area contributed by atoms with E-state index in [4.69, 9.17) is 9.47 Å². The van der Waals surface area contributed by atoms with Crippen molar-refractivity contribution in [3.05, 3.63) is 137 Å². The summed E-state index contributed by atoms with van der Waals surface area (Å²) in [5.74, 6) is -2.53. The van der Waals surface area contributed by atoms with Crippen molar-refractivity contribution in [2.45, 2.75) is 12.6 Å². The molecule has 252 valence electrons. The van der Waals surface area contributed by atoms with Crippen LogP contribution in [0.3, 0.4) is 0 Å². The van der Waals surface area contributed by atoms with Crippen LogP contribution in [0, 0.1) is 5.82 Å². The number of ether oxygens (including phenoxy) is 2. The number of fused-ring (bicyclic) bond motifs is 2. The van der Waals surface area contributed by atoms with E-state index in [0.29, 0.717) is 14.8 Å². The summed E-state index contributed by atoms with van der Waals surface area (Å²) in [6.07, 6.45) is 0.241. The van der Waals surface area contributed by atoms with Crippen LogP contribution in [0.4, 0.5) is 14.0 Å². The van der Waals surface area contributed by atoms with Crippen molar-refractivity contribution in [2.75, 3.05) is 19.3 Å². The van der Waals surface area contributed by atoms with Gasteiger partial charge in [0.1, 0.15) is 28.6 Å². The number of imide groups is 2. The average molecular weight is 695 g/mol. The highest BCUT2D eigenvalue weighted by Gasteiger charge is 2.45. The van der Waals surface area contributed by atoms with Crippen molar-refractivity contribution in [2.24, 2.45) is 0 Å². The Balaban J connectivity index is 1.39. The highest BCUT2D eigenvalue weighted by atomic mass is 32.2. The molecule has 5 aromatic rings. The Bertz CT molecular complexity index is 2250. The Hall–Kier alpha value is -6.15. The number of pyridine rings is 1. The molecule has 5 amide bonds. The van der Waals surface area contributed by atoms with Gasteiger partial charge in [0, 0.05) is 11.6 Å². The third-order valence-corrected chi connectivity index (χ3v) is 9.50. The number of benzene rings is 4. The number of carbonyl (C=O) groups excluding carboxylic acids is 4. The second kappa shape index (κ2) is 12.7. The molecule has 12 nitrogen and oxygen atoms in total. The fraction of sp³-hybridized carbons (Fsp3) is 0.139. The molecule has 3 heterocycles. The molecule has 1 fully saturated rings. The molecule has 0 saturated carbocycles. The van der Waals surface area contributed by atoms with E-state index in [9.17, 15) is 32.0 Å². The maximum atomic E-state index is 14.3. The van der Waals surface area contributed by atoms with Crippen LogP contribution in [-0.4, -0.2) is 70.8 Å². The van der Waals surface area contributed by atoms with Gasteiger partial charge in [-0.1, -0.05) is 72.8 Å². The molecule has 1 aromatic heterocycles. The van der Waals surface area contributed by atoms with Gasteiger partial charge in [-0.25, -0.2) is 31.6 Å². The molecule has 0 spiro atoms. The summed E-state index contributed by atoms with van der Waals surface area (Å²) in [6.45, 7) is -0.842. The van der Waals surface area contributed by atoms with Gasteiger partial charge < -0.3 is 9.47 Å². The standard InChI is InChI=1S/C36H27FN4O8S/c1-50(46,47)41-20-19-39(35(41)44)36(45)49-31-26-13-8-18-38-29(26)32(48-30(23-9-4-2-5-10-23)24-11-6-3-7-12-24)28-27(31)33(42)40(34(28)43)21-22-14-16-25(37)17-15-22/h2-18,30H,19-21H2,1H3. The number of carbonyl (C=O) groups is 4. The van der Waals surface area contributed by atoms with E-state index < -0.39 is 45.9 Å². The Morgan fingerprint density at radius 2 is 1.42 bits per heavy atom. The average Bonchev–Trinajstić information content (AvgIpc) is 3.63. The van der Waals surface area contributed by atoms with Crippen LogP contribution in [0.15, 0.2) is 103 Å². The summed E-state index contributed by atoms with van der Waals surface area (Å²) in [6, 6.07) is 25.6. The van der Waals surface area contributed by atoms with E-state index >= 15 is 0 Å². The Morgan fingerprint density at radius 1 is 0.820 bits per heavy atom. The summed E-state index contributed by atoms with van der Waals surface area (Å²) in [5, 5.41) is 0.117. The fourth-order valence-corrected chi connectivity index (χ4v) is 6.79. The number of hydrogen-bond donors (Lipinski definition) is 0. The third-order valence-electron chi connectivity index (χ3n) is 8.36. The zero-order valence-electron chi connectivity index (χ0n) is 26.4. The number of halogens is 1. The van der Waals surface area contributed by atoms with Crippen molar-refractivity contribution in [1.82, 2.24) is 19.1 Å². The SMILES string of the molecule is CS(=O)(=O)N1CCN(C(=O)Oc2c3c(c(OC(c4ccccc4)c4ccccc4)c4ncccc24)C(=O)N(Cc2ccc(F)cc2)C3=O)C1=O. The van der Waals surface area contributed by atoms with Gasteiger partial charge in [0.15, 0.2) is 11.5 Å². The number of amides is 5. The summed E-state index contributed by atoms with van der Waals surface area (Å²) >= 11 is 0. The molecular formula is C36H27FN4O8S. The van der Waals surface area contributed by atoms with Crippen LogP contribution in [-0.2, 0) is 16.6 Å². The first-order chi connectivity index (χ1) is 24.0. The predicted octanol–water partition coefficient (Wildman–Crippen LogP) is 5.53. The number of nitrogens with zero attached hydrogens (tertiary/aromatic N) is 4. The number of urea groups is 1. The zero-order valence-corrected chi connectivity index (χ0v) is 27.2. The lowest BCUT2D eigenvalue weighted by Gasteiger charge is -2.23. The lowest BCUT2D eigenvalue weighted by Crippen LogP contribution is -2.40. The van der Waals surface area contributed by atoms with E-state index in [1.807, 2.05) is 60.7 Å². The van der Waals surface area contributed by atoms with E-state index in [1.54, 1.807) is 0 Å². The van der Waals surface area contributed by atoms with E-state index in [0.717, 1.165) is 22.3 Å². The van der Waals surface area contributed by atoms with Crippen molar-refractivity contribution in [3.8, 4) is 11.5 Å². The molecule has 1 saturated heterocycles. The minimum atomic E-state index is -3.98. The van der Waals surface area contributed by atoms with Gasteiger partial charge in [0.25, 0.3) is 11.8 Å². The smallest absolute Gasteiger partial charge is 0.423 e. The number of hydrogen-bond acceptors (Lipinski definition) is 9. The van der Waals surface area contributed by atoms with Crippen LogP contribution in [0.1, 0.15) is 43.5 Å². The molecule has 50 heavy (non-hydrogen) atoms. The highest BCUT2D eigenvalue weighted by molar-refractivity contribution is 7.88. The number of aromatic nitrogens is 1. The second-order valence-electron chi connectivity index (χ2n) is 11.6. The first-order valence-electron chi connectivity index (χ1n) is 15.4. The first-order valence-corrected chi connectivity index (χ1v) is 17.2. The van der Waals surface area contributed by atoms with E-state index in [2.05, 4.69) is 4.98 Å². The molecule has 0 bridgehead atoms. The van der Waals surface area contributed by atoms with Crippen LogP contribution < -0.4 is 9.47 Å². The largest absolute Gasteiger partial charge is 0.478 e. The minimum Gasteiger partial charge on any atom is -0.478 e. The van der Waals surface area contributed by atoms with Gasteiger partial charge in [0.2, 0.25) is 10.0 Å². The maximum Gasteiger partial charge on any atom is 0.423 e. The first kappa shape index (κ1) is 32.4. The van der Waals surface area contributed by atoms with Gasteiger partial charge in [-0.05, 0) is 41.0 Å². The Morgan fingerprint density at radius 3 is 2.00 bits per heavy atom. The molecule has 14 heteroatoms. The van der Waals surface area contributed by atoms with E-state index in [1.165, 1.54) is 42.6 Å². The summed E-state index contributed by atoms with van der Waals surface area (Å²) in [5.41, 5.74) is 1.45. The molecule has 4 aromatic carbocycles. The maximum absolute atomic E-state index is 14.3. The Kier molecular flexibility index (Phi) is 8.23. The molecule has 7 rings (SSSR count). The normalized spacial score (nSPS) is 14.5. The summed E-state index contributed by atoms with van der Waals surface area (Å²) in [4.78, 5) is 61.1. The van der Waals surface area contributed by atoms with Crippen molar-refractivity contribution < 1.29 is 41.5 Å². The highest BCUT2D eigenvalue weighted by Crippen LogP contribution is 2.46. The number of sulfonamides is 1. The van der Waals surface area contributed by atoms with Gasteiger partial charge in [-0.15, -0.1) is 0 Å². The summed E-state index contributed by atoms with van der Waals surface area (Å²) in [7, 11) is -3.98. The second-order valence-corrected chi connectivity index (χ2v) is 13.5. The molecule has 2 aliphatic rings.